The summed E-state index contributed by atoms with van der Waals surface area (Å²) in [5.41, 5.74) is 0.228. The highest BCUT2D eigenvalue weighted by molar-refractivity contribution is 9.08. The van der Waals surface area contributed by atoms with E-state index in [1.807, 2.05) is 0 Å². The van der Waals surface area contributed by atoms with E-state index in [2.05, 4.69) is 15.9 Å². The lowest BCUT2D eigenvalue weighted by atomic mass is 10.2. The standard InChI is InChI=1S/C9H7BrF2O2/c10-4-5-3-6(11)8-9(7(5)12)14-2-1-13-8/h3H,1-2,4H2. The zero-order chi connectivity index (χ0) is 10.1. The van der Waals surface area contributed by atoms with E-state index in [1.165, 1.54) is 0 Å². The van der Waals surface area contributed by atoms with Crippen molar-refractivity contribution in [2.24, 2.45) is 0 Å². The summed E-state index contributed by atoms with van der Waals surface area (Å²) in [5.74, 6) is -1.39. The maximum Gasteiger partial charge on any atom is 0.200 e. The molecule has 1 aromatic rings. The monoisotopic (exact) mass is 264 g/mol. The van der Waals surface area contributed by atoms with Crippen molar-refractivity contribution < 1.29 is 18.3 Å². The van der Waals surface area contributed by atoms with Gasteiger partial charge in [-0.25, -0.2) is 8.78 Å². The number of rotatable bonds is 1. The molecule has 0 bridgehead atoms. The normalized spacial score (nSPS) is 14.2. The van der Waals surface area contributed by atoms with E-state index in [0.717, 1.165) is 6.07 Å². The van der Waals surface area contributed by atoms with E-state index in [0.29, 0.717) is 0 Å². The maximum atomic E-state index is 13.5. The molecule has 0 fully saturated rings. The van der Waals surface area contributed by atoms with Crippen molar-refractivity contribution in [2.75, 3.05) is 13.2 Å². The first-order valence-corrected chi connectivity index (χ1v) is 5.18. The molecular formula is C9H7BrF2O2. The van der Waals surface area contributed by atoms with Gasteiger partial charge in [-0.2, -0.15) is 0 Å². The SMILES string of the molecule is Fc1cc(CBr)c(F)c2c1OCCO2. The average molecular weight is 265 g/mol. The number of ether oxygens (including phenoxy) is 2. The van der Waals surface area contributed by atoms with E-state index in [9.17, 15) is 8.78 Å². The molecule has 0 unspecified atom stereocenters. The summed E-state index contributed by atoms with van der Waals surface area (Å²) < 4.78 is 36.8. The molecule has 0 saturated carbocycles. The molecule has 1 aliphatic rings. The summed E-state index contributed by atoms with van der Waals surface area (Å²) in [4.78, 5) is 0. The van der Waals surface area contributed by atoms with Crippen molar-refractivity contribution in [3.05, 3.63) is 23.3 Å². The Morgan fingerprint density at radius 1 is 1.21 bits per heavy atom. The van der Waals surface area contributed by atoms with Gasteiger partial charge < -0.3 is 9.47 Å². The third-order valence-electron chi connectivity index (χ3n) is 1.93. The second-order valence-corrected chi connectivity index (χ2v) is 3.38. The lowest BCUT2D eigenvalue weighted by Gasteiger charge is -2.20. The largest absolute Gasteiger partial charge is 0.483 e. The van der Waals surface area contributed by atoms with Crippen molar-refractivity contribution in [2.45, 2.75) is 5.33 Å². The number of hydrogen-bond acceptors (Lipinski definition) is 2. The van der Waals surface area contributed by atoms with Crippen LogP contribution in [0.1, 0.15) is 5.56 Å². The van der Waals surface area contributed by atoms with Gasteiger partial charge in [-0.3, -0.25) is 0 Å². The van der Waals surface area contributed by atoms with Crippen molar-refractivity contribution in [1.29, 1.82) is 0 Å². The summed E-state index contributed by atoms with van der Waals surface area (Å²) in [6.07, 6.45) is 0. The number of fused-ring (bicyclic) bond motifs is 1. The zero-order valence-electron chi connectivity index (χ0n) is 7.15. The highest BCUT2D eigenvalue weighted by Gasteiger charge is 2.23. The molecule has 0 saturated heterocycles. The summed E-state index contributed by atoms with van der Waals surface area (Å²) in [7, 11) is 0. The lowest BCUT2D eigenvalue weighted by Crippen LogP contribution is -2.18. The van der Waals surface area contributed by atoms with Crippen LogP contribution in [0.15, 0.2) is 6.07 Å². The Bertz CT molecular complexity index is 368. The molecule has 1 aliphatic heterocycles. The van der Waals surface area contributed by atoms with Gasteiger partial charge in [0.15, 0.2) is 17.4 Å². The Kier molecular flexibility index (Phi) is 2.58. The van der Waals surface area contributed by atoms with Gasteiger partial charge in [0.2, 0.25) is 5.75 Å². The zero-order valence-corrected chi connectivity index (χ0v) is 8.74. The Balaban J connectivity index is 2.58. The molecule has 14 heavy (non-hydrogen) atoms. The molecule has 0 atom stereocenters. The van der Waals surface area contributed by atoms with Crippen LogP contribution in [0.2, 0.25) is 0 Å². The van der Waals surface area contributed by atoms with Crippen LogP contribution in [0, 0.1) is 11.6 Å². The summed E-state index contributed by atoms with van der Waals surface area (Å²) in [5, 5.41) is 0.242. The van der Waals surface area contributed by atoms with Crippen molar-refractivity contribution in [1.82, 2.24) is 0 Å². The topological polar surface area (TPSA) is 18.5 Å². The molecule has 0 amide bonds. The number of benzene rings is 1. The van der Waals surface area contributed by atoms with Crippen LogP contribution in [-0.4, -0.2) is 13.2 Å². The lowest BCUT2D eigenvalue weighted by molar-refractivity contribution is 0.157. The third-order valence-corrected chi connectivity index (χ3v) is 2.53. The van der Waals surface area contributed by atoms with Gasteiger partial charge in [0, 0.05) is 10.9 Å². The predicted molar refractivity (Wildman–Crippen MR) is 50.0 cm³/mol. The molecule has 5 heteroatoms. The molecule has 0 spiro atoms. The molecular weight excluding hydrogens is 258 g/mol. The van der Waals surface area contributed by atoms with Gasteiger partial charge in [0.05, 0.1) is 0 Å². The van der Waals surface area contributed by atoms with Crippen LogP contribution in [0.4, 0.5) is 8.78 Å². The second-order valence-electron chi connectivity index (χ2n) is 2.82. The minimum Gasteiger partial charge on any atom is -0.483 e. The molecule has 1 aromatic carbocycles. The van der Waals surface area contributed by atoms with Crippen molar-refractivity contribution >= 4 is 15.9 Å². The van der Waals surface area contributed by atoms with E-state index < -0.39 is 11.6 Å². The first kappa shape index (κ1) is 9.71. The first-order chi connectivity index (χ1) is 6.74. The van der Waals surface area contributed by atoms with Gasteiger partial charge in [-0.15, -0.1) is 0 Å². The van der Waals surface area contributed by atoms with Crippen LogP contribution >= 0.6 is 15.9 Å². The predicted octanol–water partition coefficient (Wildman–Crippen LogP) is 2.63. The number of hydrogen-bond donors (Lipinski definition) is 0. The highest BCUT2D eigenvalue weighted by Crippen LogP contribution is 2.37. The fourth-order valence-electron chi connectivity index (χ4n) is 1.28. The maximum absolute atomic E-state index is 13.5. The molecule has 0 aliphatic carbocycles. The first-order valence-electron chi connectivity index (χ1n) is 4.06. The fraction of sp³-hybridized carbons (Fsp3) is 0.333. The fourth-order valence-corrected chi connectivity index (χ4v) is 1.69. The average Bonchev–Trinajstić information content (AvgIpc) is 2.23. The van der Waals surface area contributed by atoms with Gasteiger partial charge >= 0.3 is 0 Å². The molecule has 2 rings (SSSR count). The third kappa shape index (κ3) is 1.45. The molecule has 0 N–H and O–H groups in total. The van der Waals surface area contributed by atoms with E-state index >= 15 is 0 Å². The Labute approximate surface area is 87.9 Å². The summed E-state index contributed by atoms with van der Waals surface area (Å²) in [6.45, 7) is 0.492. The smallest absolute Gasteiger partial charge is 0.200 e. The van der Waals surface area contributed by atoms with Gasteiger partial charge in [0.1, 0.15) is 13.2 Å². The number of halogens is 3. The van der Waals surface area contributed by atoms with Gasteiger partial charge in [-0.05, 0) is 6.07 Å². The quantitative estimate of drug-likeness (QED) is 0.727. The van der Waals surface area contributed by atoms with Crippen LogP contribution in [0.25, 0.3) is 0 Å². The van der Waals surface area contributed by atoms with E-state index in [-0.39, 0.29) is 35.6 Å². The minimum absolute atomic E-state index is 0.120. The van der Waals surface area contributed by atoms with E-state index in [4.69, 9.17) is 9.47 Å². The summed E-state index contributed by atoms with van der Waals surface area (Å²) in [6, 6.07) is 1.11. The van der Waals surface area contributed by atoms with Crippen molar-refractivity contribution in [3.63, 3.8) is 0 Å². The Morgan fingerprint density at radius 3 is 2.50 bits per heavy atom. The van der Waals surface area contributed by atoms with E-state index in [1.54, 1.807) is 0 Å². The van der Waals surface area contributed by atoms with Gasteiger partial charge in [0.25, 0.3) is 0 Å². The van der Waals surface area contributed by atoms with Crippen LogP contribution in [0.3, 0.4) is 0 Å². The molecule has 0 radical (unpaired) electrons. The minimum atomic E-state index is -0.587. The van der Waals surface area contributed by atoms with Crippen molar-refractivity contribution in [3.8, 4) is 11.5 Å². The molecule has 2 nitrogen and oxygen atoms in total. The van der Waals surface area contributed by atoms with Crippen LogP contribution in [-0.2, 0) is 5.33 Å². The molecule has 0 aromatic heterocycles. The van der Waals surface area contributed by atoms with Crippen LogP contribution < -0.4 is 9.47 Å². The Morgan fingerprint density at radius 2 is 1.86 bits per heavy atom. The summed E-state index contributed by atoms with van der Waals surface area (Å²) >= 11 is 3.07. The molecule has 76 valence electrons. The second kappa shape index (κ2) is 3.73. The van der Waals surface area contributed by atoms with Gasteiger partial charge in [-0.1, -0.05) is 15.9 Å². The van der Waals surface area contributed by atoms with Crippen LogP contribution in [0.5, 0.6) is 11.5 Å². The highest BCUT2D eigenvalue weighted by atomic mass is 79.9. The molecule has 1 heterocycles. The number of alkyl halides is 1. The Hall–Kier alpha value is -0.840.